The number of carbonyl (C=O) groups excluding carboxylic acids is 1. The van der Waals surface area contributed by atoms with E-state index >= 15 is 0 Å². The van der Waals surface area contributed by atoms with Gasteiger partial charge in [0.25, 0.3) is 0 Å². The molecule has 404 valence electrons. The number of nitrogens with one attached hydrogen (secondary N) is 1. The number of unbranched alkanes of at least 4 members (excludes halogenated alkanes) is 44. The number of amides is 1. The first-order chi connectivity index (χ1) is 33.5. The molecular formula is C62H121NO5. The van der Waals surface area contributed by atoms with Gasteiger partial charge in [-0.2, -0.15) is 0 Å². The van der Waals surface area contributed by atoms with E-state index in [0.717, 1.165) is 38.5 Å². The minimum atomic E-state index is -1.28. The Morgan fingerprint density at radius 1 is 0.353 bits per heavy atom. The minimum Gasteiger partial charge on any atom is -0.394 e. The zero-order chi connectivity index (χ0) is 49.5. The van der Waals surface area contributed by atoms with Crippen LogP contribution < -0.4 is 5.32 Å². The highest BCUT2D eigenvalue weighted by Crippen LogP contribution is 2.18. The maximum Gasteiger partial charge on any atom is 0.249 e. The van der Waals surface area contributed by atoms with Crippen molar-refractivity contribution in [3.63, 3.8) is 0 Å². The number of hydrogen-bond acceptors (Lipinski definition) is 5. The van der Waals surface area contributed by atoms with Gasteiger partial charge in [-0.15, -0.1) is 0 Å². The van der Waals surface area contributed by atoms with E-state index in [-0.39, 0.29) is 0 Å². The summed E-state index contributed by atoms with van der Waals surface area (Å²) < 4.78 is 0. The van der Waals surface area contributed by atoms with E-state index in [2.05, 4.69) is 43.5 Å². The van der Waals surface area contributed by atoms with E-state index in [4.69, 9.17) is 0 Å². The van der Waals surface area contributed by atoms with Gasteiger partial charge in [-0.25, -0.2) is 0 Å². The number of allylic oxidation sites excluding steroid dienone is 4. The van der Waals surface area contributed by atoms with Crippen molar-refractivity contribution in [2.45, 2.75) is 359 Å². The van der Waals surface area contributed by atoms with E-state index in [9.17, 15) is 25.2 Å². The molecule has 0 saturated carbocycles. The third kappa shape index (κ3) is 49.8. The van der Waals surface area contributed by atoms with Crippen LogP contribution in [0.2, 0.25) is 0 Å². The Hall–Kier alpha value is -1.21. The van der Waals surface area contributed by atoms with Gasteiger partial charge < -0.3 is 25.7 Å². The summed E-state index contributed by atoms with van der Waals surface area (Å²) in [5, 5.41) is 44.1. The average molecular weight is 961 g/mol. The van der Waals surface area contributed by atoms with Crippen LogP contribution in [-0.2, 0) is 4.79 Å². The van der Waals surface area contributed by atoms with E-state index in [1.165, 1.54) is 270 Å². The summed E-state index contributed by atoms with van der Waals surface area (Å²) in [6.07, 6.45) is 69.8. The fraction of sp³-hybridized carbons (Fsp3) is 0.919. The van der Waals surface area contributed by atoms with Crippen molar-refractivity contribution < 1.29 is 25.2 Å². The molecule has 0 spiro atoms. The molecule has 0 rings (SSSR count). The van der Waals surface area contributed by atoms with E-state index in [0.29, 0.717) is 12.8 Å². The number of aliphatic hydroxyl groups excluding tert-OH is 4. The standard InChI is InChI=1S/C62H121NO5/c1-3-5-7-9-11-13-15-17-19-21-23-25-27-29-30-32-33-35-37-39-41-43-45-47-49-51-53-55-59(65)61(67)58(57-64)63-62(68)60(66)56-54-52-50-48-46-44-42-40-38-36-34-31-28-26-24-22-20-18-16-14-12-10-8-6-4-2/h31,34,47,49,58-61,64-67H,3-30,32-33,35-46,48,50-57H2,1-2H3,(H,63,68)/b34-31-,49-47+. The monoisotopic (exact) mass is 960 g/mol. The molecule has 1 amide bonds. The molecule has 4 atom stereocenters. The second kappa shape index (κ2) is 56.7. The molecule has 0 bridgehead atoms. The average Bonchev–Trinajstić information content (AvgIpc) is 3.34. The highest BCUT2D eigenvalue weighted by Gasteiger charge is 2.28. The Kier molecular flexibility index (Phi) is 55.7. The predicted octanol–water partition coefficient (Wildman–Crippen LogP) is 18.2. The number of aliphatic hydroxyl groups is 4. The van der Waals surface area contributed by atoms with Gasteiger partial charge in [-0.05, 0) is 64.2 Å². The lowest BCUT2D eigenvalue weighted by Crippen LogP contribution is -2.53. The highest BCUT2D eigenvalue weighted by molar-refractivity contribution is 5.80. The van der Waals surface area contributed by atoms with Crippen molar-refractivity contribution in [1.82, 2.24) is 5.32 Å². The zero-order valence-corrected chi connectivity index (χ0v) is 45.9. The van der Waals surface area contributed by atoms with E-state index in [1.807, 2.05) is 0 Å². The maximum absolute atomic E-state index is 12.6. The molecule has 0 radical (unpaired) electrons. The molecule has 0 aromatic rings. The van der Waals surface area contributed by atoms with Gasteiger partial charge in [-0.3, -0.25) is 4.79 Å². The highest BCUT2D eigenvalue weighted by atomic mass is 16.3. The van der Waals surface area contributed by atoms with Crippen molar-refractivity contribution in [3.8, 4) is 0 Å². The van der Waals surface area contributed by atoms with Crippen molar-refractivity contribution >= 4 is 5.91 Å². The summed E-state index contributed by atoms with van der Waals surface area (Å²) in [5.41, 5.74) is 0. The van der Waals surface area contributed by atoms with Gasteiger partial charge in [0.15, 0.2) is 0 Å². The van der Waals surface area contributed by atoms with Crippen LogP contribution in [0.4, 0.5) is 0 Å². The molecule has 6 nitrogen and oxygen atoms in total. The number of carbonyl (C=O) groups is 1. The van der Waals surface area contributed by atoms with Gasteiger partial charge >= 0.3 is 0 Å². The summed E-state index contributed by atoms with van der Waals surface area (Å²) >= 11 is 0. The summed E-state index contributed by atoms with van der Waals surface area (Å²) in [7, 11) is 0. The normalized spacial score (nSPS) is 13.8. The largest absolute Gasteiger partial charge is 0.394 e. The van der Waals surface area contributed by atoms with Crippen LogP contribution in [0.3, 0.4) is 0 Å². The van der Waals surface area contributed by atoms with Crippen LogP contribution in [0, 0.1) is 0 Å². The lowest BCUT2D eigenvalue weighted by molar-refractivity contribution is -0.132. The zero-order valence-electron chi connectivity index (χ0n) is 45.9. The quantitative estimate of drug-likeness (QED) is 0.0308. The van der Waals surface area contributed by atoms with Gasteiger partial charge in [0.05, 0.1) is 18.8 Å². The Balaban J connectivity index is 3.62. The van der Waals surface area contributed by atoms with Crippen LogP contribution in [-0.4, -0.2) is 57.3 Å². The molecule has 5 N–H and O–H groups in total. The molecular weight excluding hydrogens is 839 g/mol. The third-order valence-corrected chi connectivity index (χ3v) is 14.6. The fourth-order valence-electron chi connectivity index (χ4n) is 9.82. The van der Waals surface area contributed by atoms with Crippen molar-refractivity contribution in [3.05, 3.63) is 24.3 Å². The van der Waals surface area contributed by atoms with Crippen molar-refractivity contribution in [1.29, 1.82) is 0 Å². The third-order valence-electron chi connectivity index (χ3n) is 14.6. The molecule has 0 heterocycles. The van der Waals surface area contributed by atoms with Crippen LogP contribution in [0.1, 0.15) is 335 Å². The summed E-state index contributed by atoms with van der Waals surface area (Å²) in [6, 6.07) is -1.00. The van der Waals surface area contributed by atoms with E-state index in [1.54, 1.807) is 0 Å². The van der Waals surface area contributed by atoms with Crippen LogP contribution >= 0.6 is 0 Å². The molecule has 0 aliphatic rings. The Labute approximate surface area is 425 Å². The van der Waals surface area contributed by atoms with Gasteiger partial charge in [0.1, 0.15) is 12.2 Å². The molecule has 4 unspecified atom stereocenters. The summed E-state index contributed by atoms with van der Waals surface area (Å²) in [4.78, 5) is 12.6. The Morgan fingerprint density at radius 2 is 0.603 bits per heavy atom. The van der Waals surface area contributed by atoms with Gasteiger partial charge in [0, 0.05) is 0 Å². The molecule has 0 saturated heterocycles. The number of rotatable bonds is 57. The smallest absolute Gasteiger partial charge is 0.249 e. The molecule has 0 aromatic heterocycles. The number of hydrogen-bond donors (Lipinski definition) is 5. The first kappa shape index (κ1) is 66.8. The lowest BCUT2D eigenvalue weighted by atomic mass is 10.00. The Morgan fingerprint density at radius 3 is 0.882 bits per heavy atom. The van der Waals surface area contributed by atoms with Crippen molar-refractivity contribution in [2.75, 3.05) is 6.61 Å². The maximum atomic E-state index is 12.6. The van der Waals surface area contributed by atoms with Gasteiger partial charge in [-0.1, -0.05) is 295 Å². The van der Waals surface area contributed by atoms with Crippen LogP contribution in [0.15, 0.2) is 24.3 Å². The summed E-state index contributed by atoms with van der Waals surface area (Å²) in [6.45, 7) is 4.09. The SMILES string of the molecule is CCCCCCCCCCCCCC/C=C\CCCCCCCCCCCC(O)C(=O)NC(CO)C(O)C(O)CCC/C=C/CCCCCCCCCCCCCCCCCCCCCCCC. The first-order valence-corrected chi connectivity index (χ1v) is 30.7. The van der Waals surface area contributed by atoms with Crippen LogP contribution in [0.5, 0.6) is 0 Å². The minimum absolute atomic E-state index is 0.363. The molecule has 0 aliphatic carbocycles. The molecule has 0 aliphatic heterocycles. The van der Waals surface area contributed by atoms with Crippen LogP contribution in [0.25, 0.3) is 0 Å². The van der Waals surface area contributed by atoms with Gasteiger partial charge in [0.2, 0.25) is 5.91 Å². The second-order valence-electron chi connectivity index (χ2n) is 21.4. The summed E-state index contributed by atoms with van der Waals surface area (Å²) in [5.74, 6) is -0.590. The molecule has 6 heteroatoms. The lowest BCUT2D eigenvalue weighted by Gasteiger charge is -2.27. The molecule has 0 aromatic carbocycles. The molecule has 68 heavy (non-hydrogen) atoms. The van der Waals surface area contributed by atoms with Crippen molar-refractivity contribution in [2.24, 2.45) is 0 Å². The first-order valence-electron chi connectivity index (χ1n) is 30.7. The predicted molar refractivity (Wildman–Crippen MR) is 298 cm³/mol. The topological polar surface area (TPSA) is 110 Å². The second-order valence-corrected chi connectivity index (χ2v) is 21.4. The van der Waals surface area contributed by atoms with E-state index < -0.39 is 36.9 Å². The molecule has 0 fully saturated rings. The fourth-order valence-corrected chi connectivity index (χ4v) is 9.82. The Bertz CT molecular complexity index is 1030.